The molecule has 0 saturated heterocycles. The number of hydrogen-bond donors (Lipinski definition) is 1. The van der Waals surface area contributed by atoms with Gasteiger partial charge in [-0.1, -0.05) is 18.2 Å². The number of rotatable bonds is 5. The van der Waals surface area contributed by atoms with Gasteiger partial charge >= 0.3 is 0 Å². The molecule has 0 fully saturated rings. The molecule has 1 heterocycles. The normalized spacial score (nSPS) is 10.4. The molecule has 152 valence electrons. The topological polar surface area (TPSA) is 84.2 Å². The summed E-state index contributed by atoms with van der Waals surface area (Å²) in [7, 11) is 3.16. The van der Waals surface area contributed by atoms with Crippen LogP contribution in [0.2, 0.25) is 0 Å². The zero-order valence-corrected chi connectivity index (χ0v) is 17.0. The number of carbonyl (C=O) groups is 1. The number of carbonyl (C=O) groups excluding carboxylic acids is 1. The van der Waals surface area contributed by atoms with Crippen LogP contribution in [-0.2, 0) is 0 Å². The van der Waals surface area contributed by atoms with Crippen LogP contribution in [0.3, 0.4) is 0 Å². The fraction of sp³-hybridized carbons (Fsp3) is 0.0800. The molecule has 31 heavy (non-hydrogen) atoms. The van der Waals surface area contributed by atoms with Gasteiger partial charge in [0.05, 0.1) is 42.6 Å². The van der Waals surface area contributed by atoms with E-state index in [0.717, 1.165) is 10.9 Å². The predicted molar refractivity (Wildman–Crippen MR) is 119 cm³/mol. The summed E-state index contributed by atoms with van der Waals surface area (Å²) in [6.07, 6.45) is 0. The van der Waals surface area contributed by atoms with Gasteiger partial charge in [-0.05, 0) is 54.6 Å². The van der Waals surface area contributed by atoms with Gasteiger partial charge in [-0.25, -0.2) is 4.98 Å². The second-order valence-electron chi connectivity index (χ2n) is 6.79. The number of para-hydroxylation sites is 1. The van der Waals surface area contributed by atoms with Gasteiger partial charge in [0.25, 0.3) is 5.91 Å². The molecule has 4 aromatic rings. The second kappa shape index (κ2) is 8.56. The Labute approximate surface area is 179 Å². The van der Waals surface area contributed by atoms with Gasteiger partial charge in [0.1, 0.15) is 0 Å². The van der Waals surface area contributed by atoms with Crippen LogP contribution in [-0.4, -0.2) is 25.1 Å². The van der Waals surface area contributed by atoms with Gasteiger partial charge < -0.3 is 14.8 Å². The number of amides is 1. The van der Waals surface area contributed by atoms with Crippen molar-refractivity contribution in [3.05, 3.63) is 83.9 Å². The lowest BCUT2D eigenvalue weighted by atomic mass is 10.0. The van der Waals surface area contributed by atoms with E-state index in [4.69, 9.17) is 19.7 Å². The highest BCUT2D eigenvalue weighted by Crippen LogP contribution is 2.33. The van der Waals surface area contributed by atoms with Crippen molar-refractivity contribution in [3.63, 3.8) is 0 Å². The molecule has 6 nitrogen and oxygen atoms in total. The number of pyridine rings is 1. The minimum Gasteiger partial charge on any atom is -0.493 e. The molecule has 3 aromatic carbocycles. The summed E-state index contributed by atoms with van der Waals surface area (Å²) in [5.41, 5.74) is 3.79. The van der Waals surface area contributed by atoms with E-state index in [0.29, 0.717) is 39.5 Å². The third-order valence-corrected chi connectivity index (χ3v) is 4.91. The highest BCUT2D eigenvalue weighted by molar-refractivity contribution is 6.13. The highest BCUT2D eigenvalue weighted by atomic mass is 16.5. The fourth-order valence-electron chi connectivity index (χ4n) is 3.33. The first kappa shape index (κ1) is 19.9. The number of benzene rings is 3. The average molecular weight is 409 g/mol. The number of hydrogen-bond acceptors (Lipinski definition) is 5. The Hall–Kier alpha value is -4.37. The number of aromatic nitrogens is 1. The van der Waals surface area contributed by atoms with E-state index < -0.39 is 0 Å². The lowest BCUT2D eigenvalue weighted by molar-refractivity contribution is 0.102. The van der Waals surface area contributed by atoms with Crippen LogP contribution < -0.4 is 14.8 Å². The molecule has 0 aliphatic carbocycles. The SMILES string of the molecule is COc1ccc(-c2cc(C(=O)Nc3ccc(C#N)cc3)c3ccccc3n2)cc1OC. The van der Waals surface area contributed by atoms with Crippen LogP contribution >= 0.6 is 0 Å². The van der Waals surface area contributed by atoms with Gasteiger partial charge in [0.15, 0.2) is 11.5 Å². The molecule has 1 aromatic heterocycles. The Bertz CT molecular complexity index is 1310. The van der Waals surface area contributed by atoms with Gasteiger partial charge in [0.2, 0.25) is 0 Å². The van der Waals surface area contributed by atoms with E-state index in [9.17, 15) is 4.79 Å². The summed E-state index contributed by atoms with van der Waals surface area (Å²) in [6.45, 7) is 0. The van der Waals surface area contributed by atoms with E-state index in [1.807, 2.05) is 42.5 Å². The van der Waals surface area contributed by atoms with E-state index in [1.165, 1.54) is 0 Å². The first-order valence-electron chi connectivity index (χ1n) is 9.56. The molecule has 0 aliphatic rings. The summed E-state index contributed by atoms with van der Waals surface area (Å²) < 4.78 is 10.7. The molecular weight excluding hydrogens is 390 g/mol. The lowest BCUT2D eigenvalue weighted by Gasteiger charge is -2.12. The van der Waals surface area contributed by atoms with Crippen LogP contribution in [0, 0.1) is 11.3 Å². The maximum Gasteiger partial charge on any atom is 0.256 e. The first-order valence-corrected chi connectivity index (χ1v) is 9.56. The van der Waals surface area contributed by atoms with E-state index in [2.05, 4.69) is 11.4 Å². The molecule has 0 unspecified atom stereocenters. The van der Waals surface area contributed by atoms with Gasteiger partial charge in [-0.15, -0.1) is 0 Å². The molecule has 6 heteroatoms. The molecule has 0 spiro atoms. The summed E-state index contributed by atoms with van der Waals surface area (Å²) in [4.78, 5) is 17.9. The van der Waals surface area contributed by atoms with Crippen LogP contribution in [0.25, 0.3) is 22.2 Å². The first-order chi connectivity index (χ1) is 15.1. The summed E-state index contributed by atoms with van der Waals surface area (Å²) in [5.74, 6) is 0.939. The molecule has 0 bridgehead atoms. The minimum atomic E-state index is -0.259. The van der Waals surface area contributed by atoms with Gasteiger partial charge in [0, 0.05) is 16.6 Å². The van der Waals surface area contributed by atoms with E-state index >= 15 is 0 Å². The van der Waals surface area contributed by atoms with Crippen molar-refractivity contribution in [1.29, 1.82) is 5.26 Å². The van der Waals surface area contributed by atoms with Crippen molar-refractivity contribution in [3.8, 4) is 28.8 Å². The quantitative estimate of drug-likeness (QED) is 0.499. The molecule has 0 radical (unpaired) electrons. The average Bonchev–Trinajstić information content (AvgIpc) is 2.83. The number of nitriles is 1. The van der Waals surface area contributed by atoms with Crippen molar-refractivity contribution < 1.29 is 14.3 Å². The summed E-state index contributed by atoms with van der Waals surface area (Å²) >= 11 is 0. The zero-order chi connectivity index (χ0) is 21.8. The van der Waals surface area contributed by atoms with E-state index in [1.54, 1.807) is 44.6 Å². The Morgan fingerprint density at radius 1 is 0.935 bits per heavy atom. The molecule has 4 rings (SSSR count). The second-order valence-corrected chi connectivity index (χ2v) is 6.79. The molecule has 0 saturated carbocycles. The lowest BCUT2D eigenvalue weighted by Crippen LogP contribution is -2.13. The van der Waals surface area contributed by atoms with Crippen molar-refractivity contribution in [1.82, 2.24) is 4.98 Å². The zero-order valence-electron chi connectivity index (χ0n) is 17.0. The van der Waals surface area contributed by atoms with Crippen LogP contribution in [0.15, 0.2) is 72.8 Å². The van der Waals surface area contributed by atoms with Gasteiger partial charge in [-0.3, -0.25) is 4.79 Å². The maximum atomic E-state index is 13.1. The van der Waals surface area contributed by atoms with Crippen LogP contribution in [0.1, 0.15) is 15.9 Å². The van der Waals surface area contributed by atoms with Crippen molar-refractivity contribution in [2.75, 3.05) is 19.5 Å². The highest BCUT2D eigenvalue weighted by Gasteiger charge is 2.15. The third kappa shape index (κ3) is 4.02. The Kier molecular flexibility index (Phi) is 5.50. The summed E-state index contributed by atoms with van der Waals surface area (Å²) in [5, 5.41) is 12.6. The molecule has 1 amide bonds. The molecular formula is C25H19N3O3. The number of fused-ring (bicyclic) bond motifs is 1. The fourth-order valence-corrected chi connectivity index (χ4v) is 3.33. The minimum absolute atomic E-state index is 0.259. The standard InChI is InChI=1S/C25H19N3O3/c1-30-23-12-9-17(13-24(23)31-2)22-14-20(19-5-3-4-6-21(19)28-22)25(29)27-18-10-7-16(15-26)8-11-18/h3-14H,1-2H3,(H,27,29). The third-order valence-electron chi connectivity index (χ3n) is 4.91. The maximum absolute atomic E-state index is 13.1. The van der Waals surface area contributed by atoms with Crippen LogP contribution in [0.5, 0.6) is 11.5 Å². The van der Waals surface area contributed by atoms with Crippen molar-refractivity contribution >= 4 is 22.5 Å². The predicted octanol–water partition coefficient (Wildman–Crippen LogP) is 5.04. The number of ether oxygens (including phenoxy) is 2. The monoisotopic (exact) mass is 409 g/mol. The van der Waals surface area contributed by atoms with Crippen LogP contribution in [0.4, 0.5) is 5.69 Å². The van der Waals surface area contributed by atoms with Crippen molar-refractivity contribution in [2.24, 2.45) is 0 Å². The van der Waals surface area contributed by atoms with Crippen molar-refractivity contribution in [2.45, 2.75) is 0 Å². The van der Waals surface area contributed by atoms with E-state index in [-0.39, 0.29) is 5.91 Å². The number of anilines is 1. The Balaban J connectivity index is 1.78. The van der Waals surface area contributed by atoms with Gasteiger partial charge in [-0.2, -0.15) is 5.26 Å². The molecule has 1 N–H and O–H groups in total. The smallest absolute Gasteiger partial charge is 0.256 e. The number of nitrogens with zero attached hydrogens (tertiary/aromatic N) is 2. The Morgan fingerprint density at radius 3 is 2.39 bits per heavy atom. The number of nitrogens with one attached hydrogen (secondary N) is 1. The molecule has 0 atom stereocenters. The molecule has 0 aliphatic heterocycles. The number of methoxy groups -OCH3 is 2. The Morgan fingerprint density at radius 2 is 1.68 bits per heavy atom. The summed E-state index contributed by atoms with van der Waals surface area (Å²) in [6, 6.07) is 23.6. The largest absolute Gasteiger partial charge is 0.493 e.